The first-order chi connectivity index (χ1) is 8.24. The van der Waals surface area contributed by atoms with Gasteiger partial charge < -0.3 is 15.0 Å². The van der Waals surface area contributed by atoms with E-state index in [2.05, 4.69) is 4.98 Å². The molecule has 0 spiro atoms. The molecular formula is C12H14ClN3O. The second-order valence-electron chi connectivity index (χ2n) is 3.63. The molecule has 0 amide bonds. The lowest BCUT2D eigenvalue weighted by atomic mass is 10.3. The molecule has 5 heteroatoms. The Kier molecular flexibility index (Phi) is 3.66. The molecule has 2 rings (SSSR count). The molecule has 17 heavy (non-hydrogen) atoms. The number of hydrogen-bond acceptors (Lipinski definition) is 3. The van der Waals surface area contributed by atoms with Crippen molar-refractivity contribution >= 4 is 11.6 Å². The third-order valence-corrected chi connectivity index (χ3v) is 2.77. The fourth-order valence-electron chi connectivity index (χ4n) is 1.60. The van der Waals surface area contributed by atoms with Crippen molar-refractivity contribution in [1.29, 1.82) is 0 Å². The van der Waals surface area contributed by atoms with Gasteiger partial charge in [0.2, 0.25) is 0 Å². The number of methoxy groups -OCH3 is 1. The summed E-state index contributed by atoms with van der Waals surface area (Å²) in [6.45, 7) is 0.598. The minimum absolute atomic E-state index is 0.582. The number of aromatic nitrogens is 2. The van der Waals surface area contributed by atoms with Crippen LogP contribution in [0.3, 0.4) is 0 Å². The predicted octanol–water partition coefficient (Wildman–Crippen LogP) is 2.04. The highest BCUT2D eigenvalue weighted by atomic mass is 35.5. The van der Waals surface area contributed by atoms with Crippen LogP contribution in [-0.4, -0.2) is 23.2 Å². The van der Waals surface area contributed by atoms with Gasteiger partial charge in [0.15, 0.2) is 0 Å². The summed E-state index contributed by atoms with van der Waals surface area (Å²) >= 11 is 6.07. The summed E-state index contributed by atoms with van der Waals surface area (Å²) in [5.74, 6) is 0.665. The first kappa shape index (κ1) is 12.0. The van der Waals surface area contributed by atoms with E-state index in [1.807, 2.05) is 29.0 Å². The minimum atomic E-state index is 0.582. The van der Waals surface area contributed by atoms with Gasteiger partial charge in [0.1, 0.15) is 5.75 Å². The molecular weight excluding hydrogens is 238 g/mol. The van der Waals surface area contributed by atoms with Crippen molar-refractivity contribution in [2.24, 2.45) is 5.73 Å². The van der Waals surface area contributed by atoms with Crippen LogP contribution < -0.4 is 10.5 Å². The van der Waals surface area contributed by atoms with Crippen molar-refractivity contribution in [3.63, 3.8) is 0 Å². The highest BCUT2D eigenvalue weighted by molar-refractivity contribution is 6.32. The third kappa shape index (κ3) is 2.60. The zero-order valence-corrected chi connectivity index (χ0v) is 10.3. The van der Waals surface area contributed by atoms with Gasteiger partial charge in [-0.15, -0.1) is 0 Å². The van der Waals surface area contributed by atoms with E-state index in [4.69, 9.17) is 22.1 Å². The molecule has 1 heterocycles. The molecule has 0 saturated heterocycles. The summed E-state index contributed by atoms with van der Waals surface area (Å²) in [5.41, 5.74) is 7.41. The number of nitrogens with zero attached hydrogens (tertiary/aromatic N) is 2. The van der Waals surface area contributed by atoms with E-state index < -0.39 is 0 Å². The molecule has 0 atom stereocenters. The van der Waals surface area contributed by atoms with Crippen molar-refractivity contribution in [2.45, 2.75) is 6.42 Å². The van der Waals surface area contributed by atoms with E-state index in [1.165, 1.54) is 0 Å². The largest absolute Gasteiger partial charge is 0.495 e. The van der Waals surface area contributed by atoms with Gasteiger partial charge in [-0.3, -0.25) is 0 Å². The number of rotatable bonds is 4. The normalized spacial score (nSPS) is 10.5. The Labute approximate surface area is 105 Å². The third-order valence-electron chi connectivity index (χ3n) is 2.47. The van der Waals surface area contributed by atoms with Gasteiger partial charge in [-0.25, -0.2) is 4.98 Å². The molecule has 4 nitrogen and oxygen atoms in total. The first-order valence-electron chi connectivity index (χ1n) is 5.31. The van der Waals surface area contributed by atoms with E-state index in [9.17, 15) is 0 Å². The van der Waals surface area contributed by atoms with Gasteiger partial charge in [-0.2, -0.15) is 0 Å². The average molecular weight is 252 g/mol. The molecule has 2 N–H and O–H groups in total. The Morgan fingerprint density at radius 3 is 2.94 bits per heavy atom. The molecule has 0 saturated carbocycles. The zero-order valence-electron chi connectivity index (χ0n) is 9.56. The van der Waals surface area contributed by atoms with Crippen LogP contribution in [0.15, 0.2) is 30.7 Å². The van der Waals surface area contributed by atoms with E-state index >= 15 is 0 Å². The zero-order chi connectivity index (χ0) is 12.3. The van der Waals surface area contributed by atoms with Gasteiger partial charge >= 0.3 is 0 Å². The van der Waals surface area contributed by atoms with Gasteiger partial charge in [-0.05, 0) is 24.7 Å². The molecule has 0 bridgehead atoms. The first-order valence-corrected chi connectivity index (χ1v) is 5.69. The number of hydrogen-bond donors (Lipinski definition) is 1. The van der Waals surface area contributed by atoms with Crippen molar-refractivity contribution in [2.75, 3.05) is 13.7 Å². The van der Waals surface area contributed by atoms with Crippen molar-refractivity contribution in [3.8, 4) is 11.4 Å². The lowest BCUT2D eigenvalue weighted by molar-refractivity contribution is 0.415. The highest BCUT2D eigenvalue weighted by Crippen LogP contribution is 2.26. The molecule has 2 aromatic rings. The molecule has 0 aliphatic rings. The van der Waals surface area contributed by atoms with E-state index in [0.29, 0.717) is 17.3 Å². The molecule has 0 aliphatic carbocycles. The van der Waals surface area contributed by atoms with Crippen LogP contribution in [0.1, 0.15) is 5.69 Å². The van der Waals surface area contributed by atoms with Gasteiger partial charge in [0.25, 0.3) is 0 Å². The van der Waals surface area contributed by atoms with Crippen LogP contribution in [0.25, 0.3) is 5.69 Å². The quantitative estimate of drug-likeness (QED) is 0.905. The fourth-order valence-corrected chi connectivity index (χ4v) is 1.85. The molecule has 0 unspecified atom stereocenters. The summed E-state index contributed by atoms with van der Waals surface area (Å²) < 4.78 is 7.02. The lowest BCUT2D eigenvalue weighted by Gasteiger charge is -2.06. The predicted molar refractivity (Wildman–Crippen MR) is 67.9 cm³/mol. The Hall–Kier alpha value is -1.52. The summed E-state index contributed by atoms with van der Waals surface area (Å²) in [5, 5.41) is 0.582. The summed E-state index contributed by atoms with van der Waals surface area (Å²) in [6, 6.07) is 5.60. The SMILES string of the molecule is COc1ccc(-n2cnc(CCN)c2)cc1Cl. The number of nitrogens with two attached hydrogens (primary N) is 1. The number of halogens is 1. The van der Waals surface area contributed by atoms with Crippen LogP contribution in [-0.2, 0) is 6.42 Å². The number of imidazole rings is 1. The fraction of sp³-hybridized carbons (Fsp3) is 0.250. The molecule has 0 aliphatic heterocycles. The second-order valence-corrected chi connectivity index (χ2v) is 4.04. The second kappa shape index (κ2) is 5.21. The van der Waals surface area contributed by atoms with Crippen LogP contribution in [0, 0.1) is 0 Å². The monoisotopic (exact) mass is 251 g/mol. The number of ether oxygens (including phenoxy) is 1. The van der Waals surface area contributed by atoms with Crippen molar-refractivity contribution < 1.29 is 4.74 Å². The van der Waals surface area contributed by atoms with Crippen LogP contribution in [0.2, 0.25) is 5.02 Å². The van der Waals surface area contributed by atoms with Crippen LogP contribution >= 0.6 is 11.6 Å². The highest BCUT2D eigenvalue weighted by Gasteiger charge is 2.04. The van der Waals surface area contributed by atoms with E-state index in [1.54, 1.807) is 13.4 Å². The smallest absolute Gasteiger partial charge is 0.137 e. The van der Waals surface area contributed by atoms with E-state index in [0.717, 1.165) is 17.8 Å². The Morgan fingerprint density at radius 2 is 2.29 bits per heavy atom. The molecule has 1 aromatic heterocycles. The van der Waals surface area contributed by atoms with Crippen molar-refractivity contribution in [1.82, 2.24) is 9.55 Å². The standard InChI is InChI=1S/C12H14ClN3O/c1-17-12-3-2-10(6-11(12)13)16-7-9(4-5-14)15-8-16/h2-3,6-8H,4-5,14H2,1H3. The molecule has 0 radical (unpaired) electrons. The average Bonchev–Trinajstić information content (AvgIpc) is 2.78. The van der Waals surface area contributed by atoms with Gasteiger partial charge in [0.05, 0.1) is 24.2 Å². The lowest BCUT2D eigenvalue weighted by Crippen LogP contribution is -2.02. The molecule has 90 valence electrons. The topological polar surface area (TPSA) is 53.1 Å². The summed E-state index contributed by atoms with van der Waals surface area (Å²) in [7, 11) is 1.59. The van der Waals surface area contributed by atoms with Crippen LogP contribution in [0.5, 0.6) is 5.75 Å². The Balaban J connectivity index is 2.29. The maximum absolute atomic E-state index is 6.07. The molecule has 1 aromatic carbocycles. The summed E-state index contributed by atoms with van der Waals surface area (Å²) in [4.78, 5) is 4.26. The molecule has 0 fully saturated rings. The maximum Gasteiger partial charge on any atom is 0.137 e. The Bertz CT molecular complexity index is 510. The van der Waals surface area contributed by atoms with Crippen LogP contribution in [0.4, 0.5) is 0 Å². The summed E-state index contributed by atoms with van der Waals surface area (Å²) in [6.07, 6.45) is 4.48. The number of benzene rings is 1. The Morgan fingerprint density at radius 1 is 1.47 bits per heavy atom. The van der Waals surface area contributed by atoms with Crippen molar-refractivity contribution in [3.05, 3.63) is 41.4 Å². The maximum atomic E-state index is 6.07. The van der Waals surface area contributed by atoms with E-state index in [-0.39, 0.29) is 0 Å². The van der Waals surface area contributed by atoms with Gasteiger partial charge in [0, 0.05) is 18.3 Å². The minimum Gasteiger partial charge on any atom is -0.495 e. The van der Waals surface area contributed by atoms with Gasteiger partial charge in [-0.1, -0.05) is 11.6 Å².